The molecule has 0 heterocycles. The normalized spacial score (nSPS) is 15.1. The summed E-state index contributed by atoms with van der Waals surface area (Å²) in [4.78, 5) is 31.9. The molecule has 0 aliphatic heterocycles. The number of ether oxygens (including phenoxy) is 1. The first-order valence-electron chi connectivity index (χ1n) is 6.53. The lowest BCUT2D eigenvalue weighted by Crippen LogP contribution is -2.15. The Hall–Kier alpha value is -1.66. The average Bonchev–Trinajstić information content (AvgIpc) is 2.42. The van der Waals surface area contributed by atoms with Crippen LogP contribution in [0.1, 0.15) is 32.6 Å². The molecule has 0 aromatic heterocycles. The standard InChI is InChI=1S/C14H20O6/c1-10(2)14(17)18-7-8-19-20-9-11-5-3-4-6-12(11)13(15)16/h1,3-9H2,2H3,(H,15,16). The predicted molar refractivity (Wildman–Crippen MR) is 70.8 cm³/mol. The second kappa shape index (κ2) is 8.50. The van der Waals surface area contributed by atoms with Crippen molar-refractivity contribution in [3.05, 3.63) is 23.3 Å². The smallest absolute Gasteiger partial charge is 0.333 e. The minimum Gasteiger partial charge on any atom is -0.478 e. The SMILES string of the molecule is C=C(C)C(=O)OCCOOCC1=C(C(=O)O)CCCC1. The van der Waals surface area contributed by atoms with Gasteiger partial charge in [-0.05, 0) is 38.2 Å². The van der Waals surface area contributed by atoms with Crippen molar-refractivity contribution in [2.45, 2.75) is 32.6 Å². The fourth-order valence-corrected chi connectivity index (χ4v) is 1.85. The molecular formula is C14H20O6. The number of aliphatic carboxylic acids is 1. The summed E-state index contributed by atoms with van der Waals surface area (Å²) < 4.78 is 4.81. The van der Waals surface area contributed by atoms with Crippen LogP contribution in [-0.4, -0.2) is 36.9 Å². The molecular weight excluding hydrogens is 264 g/mol. The van der Waals surface area contributed by atoms with Crippen molar-refractivity contribution >= 4 is 11.9 Å². The third kappa shape index (κ3) is 5.54. The number of esters is 1. The van der Waals surface area contributed by atoms with Gasteiger partial charge < -0.3 is 9.84 Å². The van der Waals surface area contributed by atoms with Crippen molar-refractivity contribution < 1.29 is 29.2 Å². The van der Waals surface area contributed by atoms with Gasteiger partial charge in [0.2, 0.25) is 0 Å². The first-order chi connectivity index (χ1) is 9.52. The third-order valence-corrected chi connectivity index (χ3v) is 2.91. The summed E-state index contributed by atoms with van der Waals surface area (Å²) in [5, 5.41) is 9.04. The highest BCUT2D eigenvalue weighted by atomic mass is 17.2. The second-order valence-electron chi connectivity index (χ2n) is 4.59. The fourth-order valence-electron chi connectivity index (χ4n) is 1.85. The molecule has 6 nitrogen and oxygen atoms in total. The molecule has 20 heavy (non-hydrogen) atoms. The van der Waals surface area contributed by atoms with Gasteiger partial charge in [0.25, 0.3) is 0 Å². The molecule has 0 unspecified atom stereocenters. The molecule has 0 bridgehead atoms. The minimum atomic E-state index is -0.890. The summed E-state index contributed by atoms with van der Waals surface area (Å²) in [6.07, 6.45) is 3.15. The van der Waals surface area contributed by atoms with Crippen LogP contribution in [0.2, 0.25) is 0 Å². The zero-order valence-electron chi connectivity index (χ0n) is 11.6. The third-order valence-electron chi connectivity index (χ3n) is 2.91. The summed E-state index contributed by atoms with van der Waals surface area (Å²) in [6, 6.07) is 0. The molecule has 0 aromatic carbocycles. The zero-order valence-corrected chi connectivity index (χ0v) is 11.6. The number of carbonyl (C=O) groups excluding carboxylic acids is 1. The molecule has 0 saturated heterocycles. The van der Waals surface area contributed by atoms with E-state index < -0.39 is 11.9 Å². The van der Waals surface area contributed by atoms with Crippen LogP contribution in [0.3, 0.4) is 0 Å². The molecule has 0 fully saturated rings. The van der Waals surface area contributed by atoms with E-state index in [0.29, 0.717) is 17.6 Å². The number of carbonyl (C=O) groups is 2. The van der Waals surface area contributed by atoms with Crippen molar-refractivity contribution in [3.8, 4) is 0 Å². The predicted octanol–water partition coefficient (Wildman–Crippen LogP) is 2.01. The molecule has 0 atom stereocenters. The van der Waals surface area contributed by atoms with Crippen molar-refractivity contribution in [1.29, 1.82) is 0 Å². The first kappa shape index (κ1) is 16.4. The molecule has 0 spiro atoms. The quantitative estimate of drug-likeness (QED) is 0.241. The van der Waals surface area contributed by atoms with E-state index in [1.54, 1.807) is 6.92 Å². The molecule has 0 saturated carbocycles. The van der Waals surface area contributed by atoms with Crippen molar-refractivity contribution in [2.24, 2.45) is 0 Å². The van der Waals surface area contributed by atoms with Gasteiger partial charge in [0.05, 0.1) is 0 Å². The van der Waals surface area contributed by atoms with E-state index in [1.807, 2.05) is 0 Å². The number of hydrogen-bond acceptors (Lipinski definition) is 5. The van der Waals surface area contributed by atoms with Gasteiger partial charge in [-0.25, -0.2) is 19.4 Å². The van der Waals surface area contributed by atoms with E-state index in [9.17, 15) is 9.59 Å². The van der Waals surface area contributed by atoms with E-state index in [4.69, 9.17) is 19.6 Å². The lowest BCUT2D eigenvalue weighted by Gasteiger charge is -2.17. The van der Waals surface area contributed by atoms with Crippen LogP contribution in [0, 0.1) is 0 Å². The van der Waals surface area contributed by atoms with Gasteiger partial charge in [0, 0.05) is 11.1 Å². The van der Waals surface area contributed by atoms with Crippen LogP contribution in [0.15, 0.2) is 23.3 Å². The molecule has 1 N–H and O–H groups in total. The van der Waals surface area contributed by atoms with Crippen molar-refractivity contribution in [2.75, 3.05) is 19.8 Å². The number of rotatable bonds is 8. The fraction of sp³-hybridized carbons (Fsp3) is 0.571. The molecule has 1 aliphatic rings. The Labute approximate surface area is 117 Å². The monoisotopic (exact) mass is 284 g/mol. The summed E-state index contributed by atoms with van der Waals surface area (Å²) in [5.41, 5.74) is 1.51. The van der Waals surface area contributed by atoms with Crippen LogP contribution in [0.25, 0.3) is 0 Å². The van der Waals surface area contributed by atoms with Crippen molar-refractivity contribution in [3.63, 3.8) is 0 Å². The molecule has 6 heteroatoms. The minimum absolute atomic E-state index is 0.0660. The Morgan fingerprint density at radius 2 is 1.90 bits per heavy atom. The second-order valence-corrected chi connectivity index (χ2v) is 4.59. The Morgan fingerprint density at radius 1 is 1.20 bits per heavy atom. The summed E-state index contributed by atoms with van der Waals surface area (Å²) in [5.74, 6) is -1.37. The Balaban J connectivity index is 2.22. The van der Waals surface area contributed by atoms with E-state index in [-0.39, 0.29) is 19.8 Å². The number of carboxylic acids is 1. The lowest BCUT2D eigenvalue weighted by molar-refractivity contribution is -0.292. The molecule has 0 radical (unpaired) electrons. The van der Waals surface area contributed by atoms with E-state index >= 15 is 0 Å². The summed E-state index contributed by atoms with van der Waals surface area (Å²) in [6.45, 7) is 5.30. The van der Waals surface area contributed by atoms with Gasteiger partial charge in [-0.1, -0.05) is 6.58 Å². The highest BCUT2D eigenvalue weighted by molar-refractivity contribution is 5.87. The van der Waals surface area contributed by atoms with Gasteiger partial charge in [0.15, 0.2) is 0 Å². The van der Waals surface area contributed by atoms with Gasteiger partial charge >= 0.3 is 11.9 Å². The lowest BCUT2D eigenvalue weighted by atomic mass is 9.92. The highest BCUT2D eigenvalue weighted by Gasteiger charge is 2.18. The zero-order chi connectivity index (χ0) is 15.0. The van der Waals surface area contributed by atoms with Crippen LogP contribution in [-0.2, 0) is 24.1 Å². The van der Waals surface area contributed by atoms with Crippen molar-refractivity contribution in [1.82, 2.24) is 0 Å². The molecule has 1 aliphatic carbocycles. The number of hydrogen-bond donors (Lipinski definition) is 1. The summed E-state index contributed by atoms with van der Waals surface area (Å²) >= 11 is 0. The number of carboxylic acid groups (broad SMARTS) is 1. The van der Waals surface area contributed by atoms with Crippen LogP contribution >= 0.6 is 0 Å². The average molecular weight is 284 g/mol. The first-order valence-corrected chi connectivity index (χ1v) is 6.53. The molecule has 1 rings (SSSR count). The highest BCUT2D eigenvalue weighted by Crippen LogP contribution is 2.25. The van der Waals surface area contributed by atoms with Gasteiger partial charge in [0.1, 0.15) is 19.8 Å². The molecule has 0 aromatic rings. The molecule has 112 valence electrons. The van der Waals surface area contributed by atoms with Crippen LogP contribution < -0.4 is 0 Å². The van der Waals surface area contributed by atoms with Gasteiger partial charge in [-0.3, -0.25) is 0 Å². The maximum Gasteiger partial charge on any atom is 0.333 e. The molecule has 0 amide bonds. The summed E-state index contributed by atoms with van der Waals surface area (Å²) in [7, 11) is 0. The van der Waals surface area contributed by atoms with E-state index in [1.165, 1.54) is 0 Å². The topological polar surface area (TPSA) is 82.1 Å². The van der Waals surface area contributed by atoms with E-state index in [2.05, 4.69) is 6.58 Å². The van der Waals surface area contributed by atoms with Crippen LogP contribution in [0.4, 0.5) is 0 Å². The van der Waals surface area contributed by atoms with Gasteiger partial charge in [-0.15, -0.1) is 0 Å². The largest absolute Gasteiger partial charge is 0.478 e. The van der Waals surface area contributed by atoms with Gasteiger partial charge in [-0.2, -0.15) is 0 Å². The maximum absolute atomic E-state index is 11.0. The van der Waals surface area contributed by atoms with Crippen LogP contribution in [0.5, 0.6) is 0 Å². The Kier molecular flexibility index (Phi) is 6.97. The Morgan fingerprint density at radius 3 is 2.55 bits per heavy atom. The Bertz CT molecular complexity index is 410. The maximum atomic E-state index is 11.0. The van der Waals surface area contributed by atoms with E-state index in [0.717, 1.165) is 24.8 Å².